The molecule has 1 heterocycles. The van der Waals surface area contributed by atoms with E-state index in [0.29, 0.717) is 18.4 Å². The number of carbonyl (C=O) groups is 1. The molecule has 1 aromatic heterocycles. The normalized spacial score (nSPS) is 9.57. The maximum atomic E-state index is 10.1. The van der Waals surface area contributed by atoms with E-state index >= 15 is 0 Å². The summed E-state index contributed by atoms with van der Waals surface area (Å²) >= 11 is 11.6. The molecule has 1 N–H and O–H groups in total. The number of carbonyl (C=O) groups excluding carboxylic acids is 1. The molecule has 0 unspecified atom stereocenters. The first-order valence-corrected chi connectivity index (χ1v) is 4.47. The molecular formula is C8H7Cl2N3O. The topological polar surface area (TPSA) is 54.9 Å². The molecule has 0 aliphatic heterocycles. The van der Waals surface area contributed by atoms with Crippen molar-refractivity contribution in [3.8, 4) is 0 Å². The van der Waals surface area contributed by atoms with Crippen molar-refractivity contribution in [2.45, 2.75) is 6.42 Å². The Hall–Kier alpha value is -1.13. The van der Waals surface area contributed by atoms with Gasteiger partial charge in [-0.1, -0.05) is 29.3 Å². The molecule has 0 saturated carbocycles. The molecule has 0 aliphatic carbocycles. The first kappa shape index (κ1) is 10.9. The fraction of sp³-hybridized carbons (Fsp3) is 0.125. The zero-order valence-electron chi connectivity index (χ0n) is 7.13. The Balaban J connectivity index is 3.10. The summed E-state index contributed by atoms with van der Waals surface area (Å²) in [6, 6.07) is 0. The van der Waals surface area contributed by atoms with E-state index in [-0.39, 0.29) is 16.3 Å². The molecule has 0 saturated heterocycles. The number of halogens is 2. The van der Waals surface area contributed by atoms with Gasteiger partial charge in [-0.2, -0.15) is 0 Å². The number of hydrogen-bond donors (Lipinski definition) is 1. The fourth-order valence-corrected chi connectivity index (χ4v) is 1.40. The van der Waals surface area contributed by atoms with Crippen LogP contribution in [0.3, 0.4) is 0 Å². The average Bonchev–Trinajstić information content (AvgIpc) is 2.12. The molecule has 0 radical (unpaired) electrons. The van der Waals surface area contributed by atoms with E-state index in [0.717, 1.165) is 0 Å². The second-order valence-electron chi connectivity index (χ2n) is 2.36. The van der Waals surface area contributed by atoms with Gasteiger partial charge in [0, 0.05) is 5.56 Å². The molecule has 14 heavy (non-hydrogen) atoms. The lowest BCUT2D eigenvalue weighted by Gasteiger charge is -2.04. The zero-order valence-corrected chi connectivity index (χ0v) is 8.64. The van der Waals surface area contributed by atoms with Crippen molar-refractivity contribution in [2.75, 3.05) is 5.32 Å². The zero-order chi connectivity index (χ0) is 10.6. The van der Waals surface area contributed by atoms with E-state index in [9.17, 15) is 4.79 Å². The Kier molecular flexibility index (Phi) is 3.85. The molecule has 0 spiro atoms. The highest BCUT2D eigenvalue weighted by atomic mass is 35.5. The van der Waals surface area contributed by atoms with Gasteiger partial charge < -0.3 is 0 Å². The summed E-state index contributed by atoms with van der Waals surface area (Å²) < 4.78 is 0. The SMILES string of the molecule is C=CCc1c(Cl)nc(NC=O)nc1Cl. The van der Waals surface area contributed by atoms with Gasteiger partial charge in [0.2, 0.25) is 12.4 Å². The molecule has 6 heteroatoms. The molecule has 4 nitrogen and oxygen atoms in total. The van der Waals surface area contributed by atoms with Crippen molar-refractivity contribution in [3.63, 3.8) is 0 Å². The van der Waals surface area contributed by atoms with Gasteiger partial charge in [-0.3, -0.25) is 10.1 Å². The predicted molar refractivity (Wildman–Crippen MR) is 55.6 cm³/mol. The molecule has 1 aromatic rings. The maximum Gasteiger partial charge on any atom is 0.232 e. The van der Waals surface area contributed by atoms with E-state index < -0.39 is 0 Å². The monoisotopic (exact) mass is 231 g/mol. The molecule has 0 fully saturated rings. The Bertz CT molecular complexity index is 345. The number of hydrogen-bond acceptors (Lipinski definition) is 3. The van der Waals surface area contributed by atoms with E-state index in [1.54, 1.807) is 6.08 Å². The Morgan fingerprint density at radius 3 is 2.36 bits per heavy atom. The van der Waals surface area contributed by atoms with Crippen molar-refractivity contribution >= 4 is 35.6 Å². The van der Waals surface area contributed by atoms with Crippen LogP contribution in [0.15, 0.2) is 12.7 Å². The van der Waals surface area contributed by atoms with Gasteiger partial charge in [0.15, 0.2) is 0 Å². The van der Waals surface area contributed by atoms with Crippen LogP contribution < -0.4 is 5.32 Å². The lowest BCUT2D eigenvalue weighted by atomic mass is 10.2. The summed E-state index contributed by atoms with van der Waals surface area (Å²) in [5.74, 6) is 0.0859. The minimum atomic E-state index is 0.0859. The predicted octanol–water partition coefficient (Wildman–Crippen LogP) is 2.08. The number of anilines is 1. The van der Waals surface area contributed by atoms with Crippen LogP contribution in [-0.4, -0.2) is 16.4 Å². The van der Waals surface area contributed by atoms with Crippen LogP contribution in [0.2, 0.25) is 10.3 Å². The number of amides is 1. The summed E-state index contributed by atoms with van der Waals surface area (Å²) in [6.45, 7) is 3.55. The third-order valence-corrected chi connectivity index (χ3v) is 2.07. The van der Waals surface area contributed by atoms with Crippen LogP contribution >= 0.6 is 23.2 Å². The number of rotatable bonds is 4. The van der Waals surface area contributed by atoms with E-state index in [2.05, 4.69) is 21.9 Å². The second-order valence-corrected chi connectivity index (χ2v) is 3.08. The third kappa shape index (κ3) is 2.43. The van der Waals surface area contributed by atoms with Crippen molar-refractivity contribution in [3.05, 3.63) is 28.5 Å². The highest BCUT2D eigenvalue weighted by molar-refractivity contribution is 6.34. The van der Waals surface area contributed by atoms with Gasteiger partial charge in [-0.05, 0) is 6.42 Å². The molecular weight excluding hydrogens is 225 g/mol. The minimum absolute atomic E-state index is 0.0859. The smallest absolute Gasteiger partial charge is 0.232 e. The van der Waals surface area contributed by atoms with Gasteiger partial charge in [0.25, 0.3) is 0 Å². The average molecular weight is 232 g/mol. The molecule has 1 rings (SSSR count). The van der Waals surface area contributed by atoms with Crippen LogP contribution in [0, 0.1) is 0 Å². The van der Waals surface area contributed by atoms with E-state index in [1.165, 1.54) is 0 Å². The number of aromatic nitrogens is 2. The quantitative estimate of drug-likeness (QED) is 0.491. The Labute approximate surface area is 91.0 Å². The number of nitrogens with one attached hydrogen (secondary N) is 1. The summed E-state index contributed by atoms with van der Waals surface area (Å²) in [6.07, 6.45) is 2.58. The first-order valence-electron chi connectivity index (χ1n) is 3.72. The third-order valence-electron chi connectivity index (χ3n) is 1.44. The highest BCUT2D eigenvalue weighted by Gasteiger charge is 2.09. The molecule has 0 bridgehead atoms. The van der Waals surface area contributed by atoms with Gasteiger partial charge in [-0.15, -0.1) is 6.58 Å². The molecule has 0 aromatic carbocycles. The van der Waals surface area contributed by atoms with Crippen LogP contribution in [0.1, 0.15) is 5.56 Å². The largest absolute Gasteiger partial charge is 0.297 e. The molecule has 0 atom stereocenters. The summed E-state index contributed by atoms with van der Waals surface area (Å²) in [5, 5.41) is 2.69. The lowest BCUT2D eigenvalue weighted by Crippen LogP contribution is -2.02. The van der Waals surface area contributed by atoms with Crippen molar-refractivity contribution in [1.82, 2.24) is 9.97 Å². The van der Waals surface area contributed by atoms with Crippen LogP contribution in [0.25, 0.3) is 0 Å². The summed E-state index contributed by atoms with van der Waals surface area (Å²) in [4.78, 5) is 17.8. The van der Waals surface area contributed by atoms with Gasteiger partial charge >= 0.3 is 0 Å². The molecule has 0 aliphatic rings. The Morgan fingerprint density at radius 2 is 1.93 bits per heavy atom. The maximum absolute atomic E-state index is 10.1. The summed E-state index contributed by atoms with van der Waals surface area (Å²) in [5.41, 5.74) is 0.597. The van der Waals surface area contributed by atoms with Gasteiger partial charge in [-0.25, -0.2) is 9.97 Å². The van der Waals surface area contributed by atoms with Crippen molar-refractivity contribution in [2.24, 2.45) is 0 Å². The van der Waals surface area contributed by atoms with Crippen LogP contribution in [0.5, 0.6) is 0 Å². The number of allylic oxidation sites excluding steroid dienone is 1. The van der Waals surface area contributed by atoms with Crippen molar-refractivity contribution < 1.29 is 4.79 Å². The van der Waals surface area contributed by atoms with Crippen LogP contribution in [-0.2, 0) is 11.2 Å². The minimum Gasteiger partial charge on any atom is -0.297 e. The van der Waals surface area contributed by atoms with Gasteiger partial charge in [0.1, 0.15) is 10.3 Å². The second kappa shape index (κ2) is 4.93. The van der Waals surface area contributed by atoms with E-state index in [1.807, 2.05) is 0 Å². The van der Waals surface area contributed by atoms with Crippen molar-refractivity contribution in [1.29, 1.82) is 0 Å². The first-order chi connectivity index (χ1) is 6.69. The standard InChI is InChI=1S/C8H7Cl2N3O/c1-2-3-5-6(9)12-8(11-4-14)13-7(5)10/h2,4H,1,3H2,(H,11,12,13,14). The van der Waals surface area contributed by atoms with Gasteiger partial charge in [0.05, 0.1) is 0 Å². The van der Waals surface area contributed by atoms with E-state index in [4.69, 9.17) is 23.2 Å². The Morgan fingerprint density at radius 1 is 1.36 bits per heavy atom. The molecule has 74 valence electrons. The lowest BCUT2D eigenvalue weighted by molar-refractivity contribution is -0.105. The number of nitrogens with zero attached hydrogens (tertiary/aromatic N) is 2. The molecule has 1 amide bonds. The highest BCUT2D eigenvalue weighted by Crippen LogP contribution is 2.23. The van der Waals surface area contributed by atoms with Crippen LogP contribution in [0.4, 0.5) is 5.95 Å². The fourth-order valence-electron chi connectivity index (χ4n) is 0.861. The summed E-state index contributed by atoms with van der Waals surface area (Å²) in [7, 11) is 0.